The number of phenols is 1. The number of aromatic nitrogens is 3. The van der Waals surface area contributed by atoms with Gasteiger partial charge in [0, 0.05) is 28.2 Å². The lowest BCUT2D eigenvalue weighted by Gasteiger charge is -1.99. The zero-order valence-corrected chi connectivity index (χ0v) is 9.69. The van der Waals surface area contributed by atoms with Crippen molar-refractivity contribution in [1.29, 1.82) is 0 Å². The van der Waals surface area contributed by atoms with E-state index >= 15 is 0 Å². The third kappa shape index (κ3) is 1.41. The van der Waals surface area contributed by atoms with E-state index in [1.807, 2.05) is 13.0 Å². The molecular formula is C13H11N3O2. The lowest BCUT2D eigenvalue weighted by molar-refractivity contribution is 0.112. The Morgan fingerprint density at radius 3 is 3.00 bits per heavy atom. The van der Waals surface area contributed by atoms with Crippen LogP contribution in [0, 0.1) is 6.92 Å². The molecule has 5 nitrogen and oxygen atoms in total. The predicted octanol–water partition coefficient (Wildman–Crippen LogP) is 2.38. The molecule has 0 spiro atoms. The summed E-state index contributed by atoms with van der Waals surface area (Å²) in [5.74, 6) is 0.204. The molecule has 1 aromatic carbocycles. The Balaban J connectivity index is 2.35. The van der Waals surface area contributed by atoms with Crippen LogP contribution in [0.3, 0.4) is 0 Å². The van der Waals surface area contributed by atoms with Crippen molar-refractivity contribution in [2.75, 3.05) is 0 Å². The first-order valence-corrected chi connectivity index (χ1v) is 5.51. The maximum absolute atomic E-state index is 11.0. The highest BCUT2D eigenvalue weighted by Crippen LogP contribution is 2.33. The highest BCUT2D eigenvalue weighted by atomic mass is 16.3. The molecule has 0 unspecified atom stereocenters. The van der Waals surface area contributed by atoms with E-state index in [0.29, 0.717) is 11.3 Å². The van der Waals surface area contributed by atoms with Crippen molar-refractivity contribution in [2.24, 2.45) is 0 Å². The second-order valence-electron chi connectivity index (χ2n) is 4.17. The molecule has 0 amide bonds. The highest BCUT2D eigenvalue weighted by Gasteiger charge is 2.15. The van der Waals surface area contributed by atoms with Crippen molar-refractivity contribution in [3.8, 4) is 17.0 Å². The van der Waals surface area contributed by atoms with Crippen molar-refractivity contribution >= 4 is 17.2 Å². The molecule has 0 aliphatic heterocycles. The van der Waals surface area contributed by atoms with Crippen LogP contribution in [0.2, 0.25) is 0 Å². The number of carbonyl (C=O) groups excluding carboxylic acids is 1. The number of nitrogens with one attached hydrogen (secondary N) is 2. The molecule has 0 aliphatic carbocycles. The number of rotatable bonds is 2. The van der Waals surface area contributed by atoms with Crippen molar-refractivity contribution in [3.05, 3.63) is 35.7 Å². The summed E-state index contributed by atoms with van der Waals surface area (Å²) in [6.45, 7) is 1.92. The smallest absolute Gasteiger partial charge is 0.153 e. The van der Waals surface area contributed by atoms with Crippen molar-refractivity contribution in [1.82, 2.24) is 15.2 Å². The molecule has 0 aliphatic rings. The van der Waals surface area contributed by atoms with Crippen LogP contribution in [0.15, 0.2) is 24.4 Å². The van der Waals surface area contributed by atoms with Gasteiger partial charge in [-0.1, -0.05) is 0 Å². The number of carbonyl (C=O) groups is 1. The number of aryl methyl sites for hydroxylation is 1. The first-order chi connectivity index (χ1) is 8.70. The van der Waals surface area contributed by atoms with E-state index in [0.717, 1.165) is 28.4 Å². The van der Waals surface area contributed by atoms with E-state index in [2.05, 4.69) is 15.2 Å². The molecule has 2 heterocycles. The van der Waals surface area contributed by atoms with Crippen LogP contribution < -0.4 is 0 Å². The van der Waals surface area contributed by atoms with Gasteiger partial charge in [-0.25, -0.2) is 0 Å². The fraction of sp³-hybridized carbons (Fsp3) is 0.0769. The molecule has 0 bridgehead atoms. The first-order valence-electron chi connectivity index (χ1n) is 5.51. The molecule has 0 saturated carbocycles. The molecule has 0 radical (unpaired) electrons. The van der Waals surface area contributed by atoms with Gasteiger partial charge in [-0.3, -0.25) is 9.89 Å². The molecule has 0 atom stereocenters. The van der Waals surface area contributed by atoms with Gasteiger partial charge in [0.1, 0.15) is 5.75 Å². The van der Waals surface area contributed by atoms with Gasteiger partial charge < -0.3 is 10.1 Å². The number of hydrogen-bond acceptors (Lipinski definition) is 3. The van der Waals surface area contributed by atoms with Gasteiger partial charge in [0.25, 0.3) is 0 Å². The minimum absolute atomic E-state index is 0.204. The Bertz CT molecular complexity index is 740. The van der Waals surface area contributed by atoms with E-state index in [1.54, 1.807) is 12.1 Å². The zero-order valence-electron chi connectivity index (χ0n) is 9.69. The van der Waals surface area contributed by atoms with Gasteiger partial charge in [0.15, 0.2) is 6.29 Å². The monoisotopic (exact) mass is 241 g/mol. The third-order valence-electron chi connectivity index (χ3n) is 3.02. The van der Waals surface area contributed by atoms with Crippen molar-refractivity contribution in [2.45, 2.75) is 6.92 Å². The van der Waals surface area contributed by atoms with Crippen LogP contribution in [0.4, 0.5) is 0 Å². The van der Waals surface area contributed by atoms with E-state index in [9.17, 15) is 9.90 Å². The Morgan fingerprint density at radius 2 is 2.22 bits per heavy atom. The Kier molecular flexibility index (Phi) is 2.19. The molecule has 0 saturated heterocycles. The standard InChI is InChI=1S/C13H11N3O2/c1-7-12(13-8(6-17)5-14-16-13)10-3-2-9(18)4-11(10)15-7/h2-6,15,18H,1H3,(H,14,16). The fourth-order valence-electron chi connectivity index (χ4n) is 2.23. The number of aromatic hydroxyl groups is 1. The van der Waals surface area contributed by atoms with E-state index in [-0.39, 0.29) is 5.75 Å². The summed E-state index contributed by atoms with van der Waals surface area (Å²) in [4.78, 5) is 14.2. The SMILES string of the molecule is Cc1[nH]c2cc(O)ccc2c1-c1[nH]ncc1C=O. The molecule has 90 valence electrons. The second kappa shape index (κ2) is 3.73. The molecule has 2 aromatic heterocycles. The number of benzene rings is 1. The summed E-state index contributed by atoms with van der Waals surface area (Å²) in [7, 11) is 0. The Morgan fingerprint density at radius 1 is 1.39 bits per heavy atom. The number of fused-ring (bicyclic) bond motifs is 1. The van der Waals surface area contributed by atoms with Gasteiger partial charge in [-0.05, 0) is 19.1 Å². The highest BCUT2D eigenvalue weighted by molar-refractivity contribution is 6.00. The van der Waals surface area contributed by atoms with Crippen LogP contribution >= 0.6 is 0 Å². The summed E-state index contributed by atoms with van der Waals surface area (Å²) < 4.78 is 0. The molecule has 3 N–H and O–H groups in total. The number of hydrogen-bond donors (Lipinski definition) is 3. The molecular weight excluding hydrogens is 230 g/mol. The van der Waals surface area contributed by atoms with Gasteiger partial charge in [0.05, 0.1) is 17.5 Å². The fourth-order valence-corrected chi connectivity index (χ4v) is 2.23. The zero-order chi connectivity index (χ0) is 12.7. The van der Waals surface area contributed by atoms with Crippen LogP contribution in [0.25, 0.3) is 22.2 Å². The summed E-state index contributed by atoms with van der Waals surface area (Å²) in [5, 5.41) is 17.1. The average molecular weight is 241 g/mol. The molecule has 3 aromatic rings. The van der Waals surface area contributed by atoms with Crippen LogP contribution in [0.1, 0.15) is 16.1 Å². The summed E-state index contributed by atoms with van der Waals surface area (Å²) in [6, 6.07) is 5.10. The van der Waals surface area contributed by atoms with Crippen molar-refractivity contribution in [3.63, 3.8) is 0 Å². The molecule has 5 heteroatoms. The van der Waals surface area contributed by atoms with Crippen molar-refractivity contribution < 1.29 is 9.90 Å². The number of aromatic amines is 2. The van der Waals surface area contributed by atoms with Crippen LogP contribution in [0.5, 0.6) is 5.75 Å². The average Bonchev–Trinajstić information content (AvgIpc) is 2.90. The second-order valence-corrected chi connectivity index (χ2v) is 4.17. The van der Waals surface area contributed by atoms with Gasteiger partial charge in [-0.15, -0.1) is 0 Å². The number of nitrogens with zero attached hydrogens (tertiary/aromatic N) is 1. The minimum Gasteiger partial charge on any atom is -0.508 e. The maximum Gasteiger partial charge on any atom is 0.153 e. The number of phenolic OH excluding ortho intramolecular Hbond substituents is 1. The lowest BCUT2D eigenvalue weighted by atomic mass is 10.1. The summed E-state index contributed by atoms with van der Waals surface area (Å²) in [6.07, 6.45) is 2.28. The normalized spacial score (nSPS) is 10.9. The van der Waals surface area contributed by atoms with Gasteiger partial charge >= 0.3 is 0 Å². The maximum atomic E-state index is 11.0. The predicted molar refractivity (Wildman–Crippen MR) is 67.7 cm³/mol. The van der Waals surface area contributed by atoms with E-state index in [1.165, 1.54) is 6.20 Å². The topological polar surface area (TPSA) is 81.8 Å². The summed E-state index contributed by atoms with van der Waals surface area (Å²) >= 11 is 0. The van der Waals surface area contributed by atoms with Crippen LogP contribution in [-0.4, -0.2) is 26.6 Å². The Labute approximate surface area is 102 Å². The first kappa shape index (κ1) is 10.6. The molecule has 0 fully saturated rings. The molecule has 3 rings (SSSR count). The quantitative estimate of drug-likeness (QED) is 0.602. The third-order valence-corrected chi connectivity index (χ3v) is 3.02. The number of aldehydes is 1. The summed E-state index contributed by atoms with van der Waals surface area (Å²) in [5.41, 5.74) is 3.87. The van der Waals surface area contributed by atoms with E-state index < -0.39 is 0 Å². The van der Waals surface area contributed by atoms with Gasteiger partial charge in [0.2, 0.25) is 0 Å². The molecule has 18 heavy (non-hydrogen) atoms. The number of H-pyrrole nitrogens is 2. The van der Waals surface area contributed by atoms with Gasteiger partial charge in [-0.2, -0.15) is 5.10 Å². The van der Waals surface area contributed by atoms with E-state index in [4.69, 9.17) is 0 Å². The van der Waals surface area contributed by atoms with Crippen LogP contribution in [-0.2, 0) is 0 Å². The Hall–Kier alpha value is -2.56. The minimum atomic E-state index is 0.204. The lowest BCUT2D eigenvalue weighted by Crippen LogP contribution is -1.85. The largest absolute Gasteiger partial charge is 0.508 e.